The lowest BCUT2D eigenvalue weighted by molar-refractivity contribution is 0.102. The Morgan fingerprint density at radius 2 is 1.87 bits per heavy atom. The molecule has 1 aromatic heterocycles. The molecule has 2 aromatic rings. The molecule has 0 atom stereocenters. The maximum absolute atomic E-state index is 12.5. The molecule has 0 saturated heterocycles. The average molecular weight is 402 g/mol. The van der Waals surface area contributed by atoms with Crippen molar-refractivity contribution in [2.75, 3.05) is 26.6 Å². The van der Waals surface area contributed by atoms with Gasteiger partial charge < -0.3 is 19.5 Å². The van der Waals surface area contributed by atoms with Crippen LogP contribution in [0.5, 0.6) is 17.2 Å². The summed E-state index contributed by atoms with van der Waals surface area (Å²) < 4.78 is 16.3. The predicted octanol–water partition coefficient (Wildman–Crippen LogP) is 3.78. The van der Waals surface area contributed by atoms with E-state index in [1.54, 1.807) is 18.2 Å². The van der Waals surface area contributed by atoms with E-state index in [0.29, 0.717) is 38.1 Å². The number of anilines is 1. The van der Waals surface area contributed by atoms with E-state index in [1.807, 2.05) is 0 Å². The van der Waals surface area contributed by atoms with Gasteiger partial charge in [0.15, 0.2) is 11.5 Å². The minimum absolute atomic E-state index is 0.307. The molecule has 0 spiro atoms. The highest BCUT2D eigenvalue weighted by molar-refractivity contribution is 9.10. The fraction of sp³-hybridized carbons (Fsp3) is 0.200. The first-order chi connectivity index (χ1) is 11.0. The number of benzene rings is 1. The number of hydrogen-bond donors (Lipinski definition) is 1. The summed E-state index contributed by atoms with van der Waals surface area (Å²) in [6, 6.07) is 4.71. The zero-order valence-electron chi connectivity index (χ0n) is 12.6. The first-order valence-electron chi connectivity index (χ1n) is 6.43. The molecule has 23 heavy (non-hydrogen) atoms. The summed E-state index contributed by atoms with van der Waals surface area (Å²) in [6.07, 6.45) is 1.50. The Labute approximate surface area is 146 Å². The number of hydrogen-bond acceptors (Lipinski definition) is 5. The van der Waals surface area contributed by atoms with Crippen LogP contribution in [0.2, 0.25) is 5.02 Å². The SMILES string of the molecule is COc1cc(C(=O)Nc2cc(Cl)ccn2)c(Br)c(OC)c1OC. The number of halogens is 2. The van der Waals surface area contributed by atoms with Crippen LogP contribution >= 0.6 is 27.5 Å². The number of nitrogens with one attached hydrogen (secondary N) is 1. The Hall–Kier alpha value is -1.99. The third-order valence-electron chi connectivity index (χ3n) is 2.98. The number of methoxy groups -OCH3 is 3. The van der Waals surface area contributed by atoms with Crippen molar-refractivity contribution in [2.24, 2.45) is 0 Å². The Kier molecular flexibility index (Phi) is 5.68. The van der Waals surface area contributed by atoms with Crippen LogP contribution in [-0.4, -0.2) is 32.2 Å². The van der Waals surface area contributed by atoms with Gasteiger partial charge in [-0.3, -0.25) is 4.79 Å². The fourth-order valence-electron chi connectivity index (χ4n) is 1.94. The van der Waals surface area contributed by atoms with E-state index in [1.165, 1.54) is 27.5 Å². The summed E-state index contributed by atoms with van der Waals surface area (Å²) in [5, 5.41) is 3.14. The van der Waals surface area contributed by atoms with Crippen molar-refractivity contribution in [1.29, 1.82) is 0 Å². The number of pyridine rings is 1. The highest BCUT2D eigenvalue weighted by Crippen LogP contribution is 2.44. The number of carbonyl (C=O) groups is 1. The third-order valence-corrected chi connectivity index (χ3v) is 4.00. The molecule has 2 rings (SSSR count). The molecule has 1 amide bonds. The summed E-state index contributed by atoms with van der Waals surface area (Å²) in [5.74, 6) is 1.06. The van der Waals surface area contributed by atoms with E-state index < -0.39 is 5.91 Å². The number of ether oxygens (including phenoxy) is 3. The van der Waals surface area contributed by atoms with Crippen molar-refractivity contribution >= 4 is 39.3 Å². The molecule has 1 N–H and O–H groups in total. The fourth-order valence-corrected chi connectivity index (χ4v) is 2.74. The van der Waals surface area contributed by atoms with Gasteiger partial charge in [0.25, 0.3) is 5.91 Å². The van der Waals surface area contributed by atoms with Gasteiger partial charge in [-0.25, -0.2) is 4.98 Å². The molecule has 0 saturated carbocycles. The zero-order chi connectivity index (χ0) is 17.0. The van der Waals surface area contributed by atoms with Crippen LogP contribution < -0.4 is 19.5 Å². The molecule has 122 valence electrons. The molecule has 0 unspecified atom stereocenters. The Morgan fingerprint density at radius 1 is 1.17 bits per heavy atom. The molecule has 6 nitrogen and oxygen atoms in total. The first-order valence-corrected chi connectivity index (χ1v) is 7.60. The number of carbonyl (C=O) groups excluding carboxylic acids is 1. The van der Waals surface area contributed by atoms with E-state index in [4.69, 9.17) is 25.8 Å². The molecule has 1 heterocycles. The topological polar surface area (TPSA) is 69.7 Å². The van der Waals surface area contributed by atoms with Crippen molar-refractivity contribution < 1.29 is 19.0 Å². The van der Waals surface area contributed by atoms with Crippen molar-refractivity contribution in [2.45, 2.75) is 0 Å². The van der Waals surface area contributed by atoms with E-state index in [0.717, 1.165) is 0 Å². The summed E-state index contributed by atoms with van der Waals surface area (Å²) in [7, 11) is 4.44. The smallest absolute Gasteiger partial charge is 0.258 e. The molecule has 0 aliphatic heterocycles. The van der Waals surface area contributed by atoms with Crippen molar-refractivity contribution in [3.8, 4) is 17.2 Å². The largest absolute Gasteiger partial charge is 0.493 e. The molecule has 0 radical (unpaired) electrons. The molecule has 0 aliphatic rings. The van der Waals surface area contributed by atoms with Crippen LogP contribution in [0.4, 0.5) is 5.82 Å². The second-order valence-corrected chi connectivity index (χ2v) is 5.55. The highest BCUT2D eigenvalue weighted by atomic mass is 79.9. The maximum atomic E-state index is 12.5. The number of amides is 1. The standard InChI is InChI=1S/C15H14BrClN2O4/c1-21-10-7-9(12(16)14(23-3)13(10)22-2)15(20)19-11-6-8(17)4-5-18-11/h4-7H,1-3H3,(H,18,19,20). The Bertz CT molecular complexity index is 740. The third kappa shape index (κ3) is 3.68. The van der Waals surface area contributed by atoms with E-state index in [2.05, 4.69) is 26.2 Å². The van der Waals surface area contributed by atoms with Crippen molar-refractivity contribution in [1.82, 2.24) is 4.98 Å². The van der Waals surface area contributed by atoms with Crippen LogP contribution in [0, 0.1) is 0 Å². The second kappa shape index (κ2) is 7.52. The number of nitrogens with zero attached hydrogens (tertiary/aromatic N) is 1. The Balaban J connectivity index is 2.44. The average Bonchev–Trinajstić information content (AvgIpc) is 2.54. The lowest BCUT2D eigenvalue weighted by Crippen LogP contribution is -2.14. The first kappa shape index (κ1) is 17.4. The van der Waals surface area contributed by atoms with Crippen LogP contribution in [0.1, 0.15) is 10.4 Å². The van der Waals surface area contributed by atoms with Gasteiger partial charge in [0.05, 0.1) is 31.4 Å². The highest BCUT2D eigenvalue weighted by Gasteiger charge is 2.23. The Morgan fingerprint density at radius 3 is 2.43 bits per heavy atom. The molecular weight excluding hydrogens is 388 g/mol. The van der Waals surface area contributed by atoms with E-state index in [9.17, 15) is 4.79 Å². The molecular formula is C15H14BrClN2O4. The normalized spacial score (nSPS) is 10.1. The van der Waals surface area contributed by atoms with Crippen molar-refractivity contribution in [3.63, 3.8) is 0 Å². The molecule has 8 heteroatoms. The maximum Gasteiger partial charge on any atom is 0.258 e. The minimum atomic E-state index is -0.397. The van der Waals surface area contributed by atoms with Crippen LogP contribution in [0.15, 0.2) is 28.9 Å². The summed E-state index contributed by atoms with van der Waals surface area (Å²) in [5.41, 5.74) is 0.307. The van der Waals surface area contributed by atoms with Gasteiger partial charge in [-0.15, -0.1) is 0 Å². The van der Waals surface area contributed by atoms with Gasteiger partial charge in [-0.1, -0.05) is 11.6 Å². The second-order valence-electron chi connectivity index (χ2n) is 4.32. The minimum Gasteiger partial charge on any atom is -0.493 e. The lowest BCUT2D eigenvalue weighted by Gasteiger charge is -2.16. The van der Waals surface area contributed by atoms with Crippen LogP contribution in [0.25, 0.3) is 0 Å². The molecule has 0 fully saturated rings. The number of rotatable bonds is 5. The summed E-state index contributed by atoms with van der Waals surface area (Å²) >= 11 is 9.24. The van der Waals surface area contributed by atoms with E-state index >= 15 is 0 Å². The van der Waals surface area contributed by atoms with Gasteiger partial charge in [0, 0.05) is 11.2 Å². The van der Waals surface area contributed by atoms with Gasteiger partial charge in [-0.2, -0.15) is 0 Å². The quantitative estimate of drug-likeness (QED) is 0.826. The zero-order valence-corrected chi connectivity index (χ0v) is 15.0. The van der Waals surface area contributed by atoms with Gasteiger partial charge >= 0.3 is 0 Å². The van der Waals surface area contributed by atoms with Crippen LogP contribution in [-0.2, 0) is 0 Å². The monoisotopic (exact) mass is 400 g/mol. The van der Waals surface area contributed by atoms with Gasteiger partial charge in [0.2, 0.25) is 5.75 Å². The van der Waals surface area contributed by atoms with Crippen LogP contribution in [0.3, 0.4) is 0 Å². The van der Waals surface area contributed by atoms with Gasteiger partial charge in [0.1, 0.15) is 5.82 Å². The van der Waals surface area contributed by atoms with Gasteiger partial charge in [-0.05, 0) is 34.1 Å². The predicted molar refractivity (Wildman–Crippen MR) is 91.0 cm³/mol. The summed E-state index contributed by atoms with van der Waals surface area (Å²) in [6.45, 7) is 0. The summed E-state index contributed by atoms with van der Waals surface area (Å²) in [4.78, 5) is 16.5. The lowest BCUT2D eigenvalue weighted by atomic mass is 10.1. The van der Waals surface area contributed by atoms with Crippen molar-refractivity contribution in [3.05, 3.63) is 39.5 Å². The molecule has 0 aliphatic carbocycles. The molecule has 0 bridgehead atoms. The number of aromatic nitrogens is 1. The molecule has 1 aromatic carbocycles. The van der Waals surface area contributed by atoms with E-state index in [-0.39, 0.29) is 0 Å².